The molecule has 0 saturated carbocycles. The Morgan fingerprint density at radius 1 is 1.10 bits per heavy atom. The molecule has 2 aromatic carbocycles. The molecule has 0 bridgehead atoms. The average Bonchev–Trinajstić information content (AvgIpc) is 2.49. The van der Waals surface area contributed by atoms with Crippen LogP contribution in [0.4, 0.5) is 0 Å². The van der Waals surface area contributed by atoms with Crippen molar-refractivity contribution in [2.75, 3.05) is 7.11 Å². The van der Waals surface area contributed by atoms with Gasteiger partial charge in [0.15, 0.2) is 11.5 Å². The Morgan fingerprint density at radius 3 is 2.45 bits per heavy atom. The number of ether oxygens (including phenoxy) is 2. The zero-order valence-corrected chi connectivity index (χ0v) is 12.2. The average molecular weight is 308 g/mol. The fourth-order valence-electron chi connectivity index (χ4n) is 1.65. The normalized spacial score (nSPS) is 9.90. The van der Waals surface area contributed by atoms with Gasteiger partial charge in [-0.15, -0.1) is 11.6 Å². The van der Waals surface area contributed by atoms with Gasteiger partial charge >= 0.3 is 0 Å². The minimum Gasteiger partial charge on any atom is -0.493 e. The fraction of sp³-hybridized carbons (Fsp3) is 0.133. The van der Waals surface area contributed by atoms with Gasteiger partial charge < -0.3 is 9.47 Å². The fourth-order valence-corrected chi connectivity index (χ4v) is 2.06. The first-order valence-corrected chi connectivity index (χ1v) is 6.69. The van der Waals surface area contributed by atoms with Gasteiger partial charge in [0.05, 0.1) is 23.8 Å². The molecule has 0 aliphatic carbocycles. The van der Waals surface area contributed by atoms with Crippen LogP contribution in [0.2, 0.25) is 5.02 Å². The molecule has 0 spiro atoms. The number of halogens is 2. The summed E-state index contributed by atoms with van der Waals surface area (Å²) in [4.78, 5) is 0. The third kappa shape index (κ3) is 3.16. The molecule has 2 rings (SSSR count). The van der Waals surface area contributed by atoms with E-state index in [2.05, 4.69) is 0 Å². The molecular formula is C15H11Cl2NO2. The van der Waals surface area contributed by atoms with Crippen molar-refractivity contribution in [3.05, 3.63) is 52.5 Å². The van der Waals surface area contributed by atoms with Gasteiger partial charge in [-0.2, -0.15) is 5.26 Å². The summed E-state index contributed by atoms with van der Waals surface area (Å²) in [6, 6.07) is 12.3. The molecular weight excluding hydrogens is 297 g/mol. The lowest BCUT2D eigenvalue weighted by Crippen LogP contribution is -1.92. The van der Waals surface area contributed by atoms with Crippen LogP contribution in [0, 0.1) is 11.3 Å². The standard InChI is InChI=1S/C15H11Cl2NO2/c1-19-15-7-11(9-18)3-5-14(15)20-13-4-2-10(8-16)6-12(13)17/h2-7H,8H2,1H3. The predicted molar refractivity (Wildman–Crippen MR) is 78.8 cm³/mol. The van der Waals surface area contributed by atoms with Crippen LogP contribution in [0.25, 0.3) is 0 Å². The van der Waals surface area contributed by atoms with Crippen molar-refractivity contribution in [2.45, 2.75) is 5.88 Å². The minimum atomic E-state index is 0.389. The lowest BCUT2D eigenvalue weighted by atomic mass is 10.2. The number of nitrogens with zero attached hydrogens (tertiary/aromatic N) is 1. The van der Waals surface area contributed by atoms with Crippen molar-refractivity contribution in [3.63, 3.8) is 0 Å². The van der Waals surface area contributed by atoms with Gasteiger partial charge in [0.2, 0.25) is 0 Å². The molecule has 5 heteroatoms. The van der Waals surface area contributed by atoms with Crippen molar-refractivity contribution in [1.29, 1.82) is 5.26 Å². The van der Waals surface area contributed by atoms with Crippen molar-refractivity contribution in [3.8, 4) is 23.3 Å². The van der Waals surface area contributed by atoms with E-state index < -0.39 is 0 Å². The summed E-state index contributed by atoms with van der Waals surface area (Å²) in [5.41, 5.74) is 1.41. The largest absolute Gasteiger partial charge is 0.493 e. The summed E-state index contributed by atoms with van der Waals surface area (Å²) in [7, 11) is 1.52. The minimum absolute atomic E-state index is 0.389. The first-order valence-electron chi connectivity index (χ1n) is 5.78. The maximum absolute atomic E-state index is 8.86. The van der Waals surface area contributed by atoms with E-state index in [0.717, 1.165) is 5.56 Å². The molecule has 0 aliphatic heterocycles. The smallest absolute Gasteiger partial charge is 0.169 e. The van der Waals surface area contributed by atoms with Crippen LogP contribution in [-0.2, 0) is 5.88 Å². The number of benzene rings is 2. The van der Waals surface area contributed by atoms with E-state index in [0.29, 0.717) is 33.7 Å². The Kier molecular flexibility index (Phi) is 4.73. The molecule has 3 nitrogen and oxygen atoms in total. The summed E-state index contributed by atoms with van der Waals surface area (Å²) in [5, 5.41) is 9.33. The van der Waals surface area contributed by atoms with E-state index in [-0.39, 0.29) is 0 Å². The SMILES string of the molecule is COc1cc(C#N)ccc1Oc1ccc(CCl)cc1Cl. The maximum Gasteiger partial charge on any atom is 0.169 e. The van der Waals surface area contributed by atoms with Crippen LogP contribution >= 0.6 is 23.2 Å². The lowest BCUT2D eigenvalue weighted by molar-refractivity contribution is 0.379. The van der Waals surface area contributed by atoms with Crippen LogP contribution in [0.3, 0.4) is 0 Å². The van der Waals surface area contributed by atoms with Gasteiger partial charge in [0.1, 0.15) is 5.75 Å². The quantitative estimate of drug-likeness (QED) is 0.765. The number of nitriles is 1. The second kappa shape index (κ2) is 6.51. The highest BCUT2D eigenvalue weighted by molar-refractivity contribution is 6.32. The molecule has 0 saturated heterocycles. The molecule has 102 valence electrons. The van der Waals surface area contributed by atoms with Crippen LogP contribution in [0.5, 0.6) is 17.2 Å². The Hall–Kier alpha value is -1.89. The second-order valence-corrected chi connectivity index (χ2v) is 4.65. The van der Waals surface area contributed by atoms with Crippen molar-refractivity contribution in [1.82, 2.24) is 0 Å². The summed E-state index contributed by atoms with van der Waals surface area (Å²) in [6.07, 6.45) is 0. The van der Waals surface area contributed by atoms with E-state index in [1.807, 2.05) is 12.1 Å². The second-order valence-electron chi connectivity index (χ2n) is 3.98. The number of alkyl halides is 1. The van der Waals surface area contributed by atoms with Crippen LogP contribution in [0.1, 0.15) is 11.1 Å². The molecule has 0 aromatic heterocycles. The zero-order valence-electron chi connectivity index (χ0n) is 10.7. The highest BCUT2D eigenvalue weighted by Crippen LogP contribution is 2.36. The number of hydrogen-bond donors (Lipinski definition) is 0. The Labute approximate surface area is 127 Å². The topological polar surface area (TPSA) is 42.2 Å². The number of methoxy groups -OCH3 is 1. The summed E-state index contributed by atoms with van der Waals surface area (Å²) in [5.74, 6) is 1.86. The molecule has 0 atom stereocenters. The van der Waals surface area contributed by atoms with Crippen LogP contribution < -0.4 is 9.47 Å². The van der Waals surface area contributed by atoms with Gasteiger partial charge in [0, 0.05) is 11.9 Å². The van der Waals surface area contributed by atoms with E-state index >= 15 is 0 Å². The Morgan fingerprint density at radius 2 is 1.85 bits per heavy atom. The lowest BCUT2D eigenvalue weighted by Gasteiger charge is -2.12. The highest BCUT2D eigenvalue weighted by atomic mass is 35.5. The first kappa shape index (κ1) is 14.5. The molecule has 0 unspecified atom stereocenters. The van der Waals surface area contributed by atoms with E-state index in [9.17, 15) is 0 Å². The Balaban J connectivity index is 2.32. The van der Waals surface area contributed by atoms with Crippen molar-refractivity contribution < 1.29 is 9.47 Å². The van der Waals surface area contributed by atoms with Gasteiger partial charge in [-0.1, -0.05) is 17.7 Å². The zero-order chi connectivity index (χ0) is 14.5. The van der Waals surface area contributed by atoms with Crippen LogP contribution in [0.15, 0.2) is 36.4 Å². The van der Waals surface area contributed by atoms with E-state index in [1.54, 1.807) is 30.3 Å². The van der Waals surface area contributed by atoms with E-state index in [1.165, 1.54) is 7.11 Å². The molecule has 0 amide bonds. The molecule has 0 N–H and O–H groups in total. The third-order valence-electron chi connectivity index (χ3n) is 2.66. The predicted octanol–water partition coefficient (Wildman–Crippen LogP) is 4.75. The summed E-state index contributed by atoms with van der Waals surface area (Å²) < 4.78 is 10.9. The van der Waals surface area contributed by atoms with Gasteiger partial charge in [-0.3, -0.25) is 0 Å². The van der Waals surface area contributed by atoms with Gasteiger partial charge in [-0.25, -0.2) is 0 Å². The Bertz CT molecular complexity index is 665. The number of rotatable bonds is 4. The summed E-state index contributed by atoms with van der Waals surface area (Å²) in [6.45, 7) is 0. The third-order valence-corrected chi connectivity index (χ3v) is 3.27. The summed E-state index contributed by atoms with van der Waals surface area (Å²) >= 11 is 11.9. The van der Waals surface area contributed by atoms with Crippen molar-refractivity contribution >= 4 is 23.2 Å². The van der Waals surface area contributed by atoms with Gasteiger partial charge in [0.25, 0.3) is 0 Å². The van der Waals surface area contributed by atoms with E-state index in [4.69, 9.17) is 37.9 Å². The highest BCUT2D eigenvalue weighted by Gasteiger charge is 2.10. The monoisotopic (exact) mass is 307 g/mol. The van der Waals surface area contributed by atoms with Gasteiger partial charge in [-0.05, 0) is 29.8 Å². The van der Waals surface area contributed by atoms with Crippen molar-refractivity contribution in [2.24, 2.45) is 0 Å². The number of hydrogen-bond acceptors (Lipinski definition) is 3. The molecule has 0 radical (unpaired) electrons. The molecule has 2 aromatic rings. The molecule has 20 heavy (non-hydrogen) atoms. The molecule has 0 aliphatic rings. The molecule has 0 heterocycles. The van der Waals surface area contributed by atoms with Crippen LogP contribution in [-0.4, -0.2) is 7.11 Å². The molecule has 0 fully saturated rings. The maximum atomic E-state index is 8.86. The first-order chi connectivity index (χ1) is 9.67.